The van der Waals surface area contributed by atoms with E-state index in [1.54, 1.807) is 26.9 Å². The van der Waals surface area contributed by atoms with Crippen molar-refractivity contribution in [2.24, 2.45) is 11.8 Å². The summed E-state index contributed by atoms with van der Waals surface area (Å²) in [5.74, 6) is -1.77. The maximum absolute atomic E-state index is 14.4. The van der Waals surface area contributed by atoms with Gasteiger partial charge in [0.05, 0.1) is 17.4 Å². The molecule has 3 fully saturated rings. The summed E-state index contributed by atoms with van der Waals surface area (Å²) in [6.07, 6.45) is 9.57. The first-order valence-electron chi connectivity index (χ1n) is 15.7. The number of unbranched alkanes of at least 4 members (excludes halogenated alkanes) is 4. The Bertz CT molecular complexity index is 1130. The highest BCUT2D eigenvalue weighted by molar-refractivity contribution is 5.99. The highest BCUT2D eigenvalue weighted by atomic mass is 16.5. The Kier molecular flexibility index (Phi) is 10.7. The Hall–Kier alpha value is -2.97. The topological polar surface area (TPSA) is 90.4 Å². The lowest BCUT2D eigenvalue weighted by Crippen LogP contribution is -2.56. The zero-order valence-electron chi connectivity index (χ0n) is 25.5. The van der Waals surface area contributed by atoms with Crippen molar-refractivity contribution in [1.82, 2.24) is 14.7 Å². The Balaban J connectivity index is 1.69. The van der Waals surface area contributed by atoms with Gasteiger partial charge in [0.15, 0.2) is 0 Å². The van der Waals surface area contributed by atoms with Crippen LogP contribution in [-0.2, 0) is 25.7 Å². The molecule has 4 rings (SSSR count). The highest BCUT2D eigenvalue weighted by Gasteiger charge is 2.78. The van der Waals surface area contributed by atoms with Crippen molar-refractivity contribution < 1.29 is 24.2 Å². The molecule has 3 saturated heterocycles. The number of carbonyl (C=O) groups is 3. The van der Waals surface area contributed by atoms with Crippen molar-refractivity contribution in [3.8, 4) is 0 Å². The third-order valence-electron chi connectivity index (χ3n) is 9.40. The molecule has 3 aliphatic rings. The van der Waals surface area contributed by atoms with Gasteiger partial charge in [0, 0.05) is 39.3 Å². The molecule has 1 aromatic carbocycles. The summed E-state index contributed by atoms with van der Waals surface area (Å²) >= 11 is 0. The molecule has 8 heteroatoms. The van der Waals surface area contributed by atoms with E-state index in [9.17, 15) is 19.5 Å². The first-order chi connectivity index (χ1) is 20.3. The van der Waals surface area contributed by atoms with Crippen LogP contribution >= 0.6 is 0 Å². The SMILES string of the molecule is C=CCN(CCCC)C(=O)C1N(CCCCCCO)C(=O)[C@@H]2[C@@H](C(=O)N(CC=C)Cc3ccccc3)[C@@]3(C)CCC12O3. The normalized spacial score (nSPS) is 27.6. The molecule has 3 heterocycles. The Morgan fingerprint density at radius 3 is 2.38 bits per heavy atom. The van der Waals surface area contributed by atoms with Crippen LogP contribution in [0.15, 0.2) is 55.6 Å². The number of hydrogen-bond acceptors (Lipinski definition) is 5. The van der Waals surface area contributed by atoms with Crippen molar-refractivity contribution >= 4 is 17.7 Å². The molecule has 8 nitrogen and oxygen atoms in total. The molecule has 2 unspecified atom stereocenters. The van der Waals surface area contributed by atoms with Gasteiger partial charge < -0.3 is 24.5 Å². The van der Waals surface area contributed by atoms with Gasteiger partial charge in [-0.3, -0.25) is 14.4 Å². The van der Waals surface area contributed by atoms with Crippen LogP contribution in [0.1, 0.15) is 70.8 Å². The number of aliphatic hydroxyl groups excluding tert-OH is 1. The standard InChI is InChI=1S/C34H49N3O5/c1-5-8-22-35(20-6-2)32(41)29-34-19-18-33(4,42-34)27(28(34)31(40)37(29)23-14-9-10-15-24-38)30(39)36(21-7-3)25-26-16-12-11-13-17-26/h6-7,11-13,16-17,27-29,38H,2-3,5,8-10,14-15,18-25H2,1,4H3/t27-,28-,29?,33+,34?/m0/s1. The molecule has 0 aromatic heterocycles. The molecule has 42 heavy (non-hydrogen) atoms. The lowest BCUT2D eigenvalue weighted by Gasteiger charge is -2.37. The average Bonchev–Trinajstić information content (AvgIpc) is 3.55. The van der Waals surface area contributed by atoms with Crippen LogP contribution in [0.3, 0.4) is 0 Å². The zero-order valence-corrected chi connectivity index (χ0v) is 25.5. The summed E-state index contributed by atoms with van der Waals surface area (Å²) in [5.41, 5.74) is -0.860. The summed E-state index contributed by atoms with van der Waals surface area (Å²) in [6, 6.07) is 9.05. The van der Waals surface area contributed by atoms with Gasteiger partial charge in [0.1, 0.15) is 11.6 Å². The zero-order chi connectivity index (χ0) is 30.3. The molecule has 5 atom stereocenters. The fraction of sp³-hybridized carbons (Fsp3) is 0.618. The van der Waals surface area contributed by atoms with Crippen molar-refractivity contribution in [1.29, 1.82) is 0 Å². The highest BCUT2D eigenvalue weighted by Crippen LogP contribution is 2.63. The lowest BCUT2D eigenvalue weighted by atomic mass is 9.66. The predicted octanol–water partition coefficient (Wildman–Crippen LogP) is 4.33. The molecule has 0 saturated carbocycles. The summed E-state index contributed by atoms with van der Waals surface area (Å²) in [4.78, 5) is 48.5. The van der Waals surface area contributed by atoms with Gasteiger partial charge in [-0.15, -0.1) is 13.2 Å². The number of amides is 3. The van der Waals surface area contributed by atoms with E-state index in [1.807, 2.05) is 37.3 Å². The molecule has 1 spiro atoms. The van der Waals surface area contributed by atoms with Crippen molar-refractivity contribution in [2.45, 2.75) is 89.0 Å². The number of benzene rings is 1. The fourth-order valence-corrected chi connectivity index (χ4v) is 7.43. The van der Waals surface area contributed by atoms with Crippen LogP contribution in [0, 0.1) is 11.8 Å². The van der Waals surface area contributed by atoms with Crippen molar-refractivity contribution in [2.75, 3.05) is 32.8 Å². The fourth-order valence-electron chi connectivity index (χ4n) is 7.43. The van der Waals surface area contributed by atoms with E-state index in [1.165, 1.54) is 0 Å². The summed E-state index contributed by atoms with van der Waals surface area (Å²) < 4.78 is 6.85. The number of fused-ring (bicyclic) bond motifs is 1. The van der Waals surface area contributed by atoms with E-state index >= 15 is 0 Å². The third kappa shape index (κ3) is 6.06. The molecule has 0 aliphatic carbocycles. The minimum atomic E-state index is -1.04. The second-order valence-electron chi connectivity index (χ2n) is 12.3. The van der Waals surface area contributed by atoms with Gasteiger partial charge in [0.2, 0.25) is 17.7 Å². The van der Waals surface area contributed by atoms with Crippen LogP contribution < -0.4 is 0 Å². The molecule has 1 aromatic rings. The number of nitrogens with zero attached hydrogens (tertiary/aromatic N) is 3. The Morgan fingerprint density at radius 2 is 1.71 bits per heavy atom. The maximum atomic E-state index is 14.4. The van der Waals surface area contributed by atoms with E-state index in [0.29, 0.717) is 52.0 Å². The van der Waals surface area contributed by atoms with E-state index in [0.717, 1.165) is 37.7 Å². The van der Waals surface area contributed by atoms with Crippen LogP contribution in [0.25, 0.3) is 0 Å². The molecule has 0 radical (unpaired) electrons. The van der Waals surface area contributed by atoms with E-state index in [4.69, 9.17) is 4.74 Å². The molecule has 230 valence electrons. The number of ether oxygens (including phenoxy) is 1. The first-order valence-corrected chi connectivity index (χ1v) is 15.7. The quantitative estimate of drug-likeness (QED) is 0.219. The van der Waals surface area contributed by atoms with Gasteiger partial charge in [-0.05, 0) is 44.6 Å². The number of rotatable bonds is 17. The van der Waals surface area contributed by atoms with Crippen LogP contribution in [0.5, 0.6) is 0 Å². The predicted molar refractivity (Wildman–Crippen MR) is 163 cm³/mol. The molecular formula is C34H49N3O5. The second kappa shape index (κ2) is 14.0. The molecule has 3 amide bonds. The first kappa shape index (κ1) is 32.0. The Morgan fingerprint density at radius 1 is 1.02 bits per heavy atom. The number of carbonyl (C=O) groups excluding carboxylic acids is 3. The minimum Gasteiger partial charge on any atom is -0.396 e. The molecular weight excluding hydrogens is 530 g/mol. The summed E-state index contributed by atoms with van der Waals surface area (Å²) in [6.45, 7) is 14.1. The third-order valence-corrected chi connectivity index (χ3v) is 9.40. The largest absolute Gasteiger partial charge is 0.396 e. The van der Waals surface area contributed by atoms with Gasteiger partial charge in [0.25, 0.3) is 0 Å². The number of likely N-dealkylation sites (tertiary alicyclic amines) is 1. The summed E-state index contributed by atoms with van der Waals surface area (Å²) in [7, 11) is 0. The van der Waals surface area contributed by atoms with E-state index in [-0.39, 0.29) is 24.3 Å². The smallest absolute Gasteiger partial charge is 0.248 e. The molecule has 1 N–H and O–H groups in total. The molecule has 2 bridgehead atoms. The number of hydrogen-bond donors (Lipinski definition) is 1. The number of aliphatic hydroxyl groups is 1. The lowest BCUT2D eigenvalue weighted by molar-refractivity contribution is -0.153. The second-order valence-corrected chi connectivity index (χ2v) is 12.3. The van der Waals surface area contributed by atoms with Crippen LogP contribution in [0.2, 0.25) is 0 Å². The van der Waals surface area contributed by atoms with E-state index < -0.39 is 29.1 Å². The van der Waals surface area contributed by atoms with E-state index in [2.05, 4.69) is 20.1 Å². The van der Waals surface area contributed by atoms with Gasteiger partial charge in [-0.1, -0.05) is 68.7 Å². The van der Waals surface area contributed by atoms with Crippen molar-refractivity contribution in [3.63, 3.8) is 0 Å². The van der Waals surface area contributed by atoms with Crippen LogP contribution in [0.4, 0.5) is 0 Å². The average molecular weight is 580 g/mol. The monoisotopic (exact) mass is 579 g/mol. The Labute approximate surface area is 251 Å². The van der Waals surface area contributed by atoms with Crippen LogP contribution in [-0.4, -0.2) is 87.6 Å². The summed E-state index contributed by atoms with van der Waals surface area (Å²) in [5, 5.41) is 9.20. The van der Waals surface area contributed by atoms with Gasteiger partial charge in [-0.2, -0.15) is 0 Å². The van der Waals surface area contributed by atoms with Gasteiger partial charge in [-0.25, -0.2) is 0 Å². The minimum absolute atomic E-state index is 0.112. The van der Waals surface area contributed by atoms with Crippen molar-refractivity contribution in [3.05, 3.63) is 61.2 Å². The maximum Gasteiger partial charge on any atom is 0.248 e. The van der Waals surface area contributed by atoms with Gasteiger partial charge >= 0.3 is 0 Å². The molecule has 3 aliphatic heterocycles.